The lowest BCUT2D eigenvalue weighted by molar-refractivity contribution is -0.160. The summed E-state index contributed by atoms with van der Waals surface area (Å²) in [7, 11) is 1.60. The fourth-order valence-electron chi connectivity index (χ4n) is 1.83. The van der Waals surface area contributed by atoms with Gasteiger partial charge in [0.25, 0.3) is 0 Å². The summed E-state index contributed by atoms with van der Waals surface area (Å²) in [6, 6.07) is 7.52. The number of carbonyl (C=O) groups is 2. The Bertz CT molecular complexity index is 428. The van der Waals surface area contributed by atoms with Gasteiger partial charge in [0, 0.05) is 18.4 Å². The van der Waals surface area contributed by atoms with Crippen molar-refractivity contribution in [3.63, 3.8) is 0 Å². The number of rotatable bonds is 3. The quantitative estimate of drug-likeness (QED) is 0.571. The topological polar surface area (TPSA) is 55.8 Å². The van der Waals surface area contributed by atoms with Crippen LogP contribution in [0.4, 0.5) is 5.69 Å². The largest absolute Gasteiger partial charge is 0.390 e. The summed E-state index contributed by atoms with van der Waals surface area (Å²) in [5, 5.41) is 0. The van der Waals surface area contributed by atoms with Crippen molar-refractivity contribution in [3.05, 3.63) is 29.8 Å². The highest BCUT2D eigenvalue weighted by atomic mass is 16.6. The zero-order chi connectivity index (χ0) is 12.3. The lowest BCUT2D eigenvalue weighted by atomic mass is 10.1. The van der Waals surface area contributed by atoms with E-state index in [1.165, 1.54) is 0 Å². The van der Waals surface area contributed by atoms with Crippen molar-refractivity contribution in [2.24, 2.45) is 0 Å². The molecule has 0 spiro atoms. The van der Waals surface area contributed by atoms with Gasteiger partial charge in [-0.25, -0.2) is 9.59 Å². The molecule has 0 saturated carbocycles. The fraction of sp³-hybridized carbons (Fsp3) is 0.333. The normalized spacial score (nSPS) is 15.9. The first-order valence-corrected chi connectivity index (χ1v) is 5.26. The molecule has 1 heterocycles. The third kappa shape index (κ3) is 2.62. The molecule has 1 saturated heterocycles. The zero-order valence-electron chi connectivity index (χ0n) is 9.51. The van der Waals surface area contributed by atoms with E-state index in [1.54, 1.807) is 12.0 Å². The van der Waals surface area contributed by atoms with E-state index in [-0.39, 0.29) is 13.1 Å². The average Bonchev–Trinajstić information content (AvgIpc) is 2.29. The first-order valence-electron chi connectivity index (χ1n) is 5.26. The van der Waals surface area contributed by atoms with Gasteiger partial charge in [0.05, 0.1) is 6.61 Å². The van der Waals surface area contributed by atoms with Crippen LogP contribution in [0.1, 0.15) is 5.56 Å². The van der Waals surface area contributed by atoms with Crippen molar-refractivity contribution in [2.75, 3.05) is 25.1 Å². The number of ether oxygens (including phenoxy) is 2. The molecule has 0 bridgehead atoms. The second kappa shape index (κ2) is 4.97. The van der Waals surface area contributed by atoms with E-state index in [2.05, 4.69) is 4.74 Å². The van der Waals surface area contributed by atoms with Gasteiger partial charge in [-0.15, -0.1) is 0 Å². The van der Waals surface area contributed by atoms with Crippen LogP contribution in [-0.4, -0.2) is 32.1 Å². The number of carbonyl (C=O) groups excluding carboxylic acids is 2. The minimum absolute atomic E-state index is 0.0897. The highest BCUT2D eigenvalue weighted by Crippen LogP contribution is 2.22. The van der Waals surface area contributed by atoms with Gasteiger partial charge in [0.15, 0.2) is 0 Å². The number of para-hydroxylation sites is 1. The van der Waals surface area contributed by atoms with E-state index in [9.17, 15) is 9.59 Å². The summed E-state index contributed by atoms with van der Waals surface area (Å²) >= 11 is 0. The van der Waals surface area contributed by atoms with Crippen LogP contribution in [-0.2, 0) is 25.7 Å². The lowest BCUT2D eigenvalue weighted by Crippen LogP contribution is -2.43. The molecule has 1 aliphatic heterocycles. The Hall–Kier alpha value is -1.88. The highest BCUT2D eigenvalue weighted by Gasteiger charge is 2.26. The lowest BCUT2D eigenvalue weighted by Gasteiger charge is -2.28. The molecule has 0 atom stereocenters. The maximum absolute atomic E-state index is 11.2. The van der Waals surface area contributed by atoms with Crippen molar-refractivity contribution in [1.29, 1.82) is 0 Å². The molecular formula is C12H13NO4. The number of hydrogen-bond acceptors (Lipinski definition) is 5. The van der Waals surface area contributed by atoms with Gasteiger partial charge in [0.1, 0.15) is 13.1 Å². The number of cyclic esters (lactones) is 2. The Morgan fingerprint density at radius 1 is 1.24 bits per heavy atom. The van der Waals surface area contributed by atoms with Gasteiger partial charge in [-0.1, -0.05) is 18.2 Å². The molecule has 90 valence electrons. The first kappa shape index (κ1) is 11.6. The van der Waals surface area contributed by atoms with E-state index in [0.29, 0.717) is 6.61 Å². The molecule has 5 heteroatoms. The van der Waals surface area contributed by atoms with E-state index in [1.807, 2.05) is 24.3 Å². The van der Waals surface area contributed by atoms with Crippen molar-refractivity contribution in [3.8, 4) is 0 Å². The number of methoxy groups -OCH3 is 1. The van der Waals surface area contributed by atoms with Crippen LogP contribution in [0.15, 0.2) is 24.3 Å². The summed E-state index contributed by atoms with van der Waals surface area (Å²) < 4.78 is 9.57. The Balaban J connectivity index is 2.26. The van der Waals surface area contributed by atoms with Gasteiger partial charge in [-0.3, -0.25) is 0 Å². The number of morpholine rings is 1. The second-order valence-electron chi connectivity index (χ2n) is 3.76. The first-order chi connectivity index (χ1) is 8.20. The molecule has 0 aliphatic carbocycles. The summed E-state index contributed by atoms with van der Waals surface area (Å²) in [6.07, 6.45) is 0. The average molecular weight is 235 g/mol. The van der Waals surface area contributed by atoms with Crippen LogP contribution >= 0.6 is 0 Å². The Kier molecular flexibility index (Phi) is 3.39. The van der Waals surface area contributed by atoms with Gasteiger partial charge >= 0.3 is 11.9 Å². The van der Waals surface area contributed by atoms with Crippen LogP contribution in [0.25, 0.3) is 0 Å². The van der Waals surface area contributed by atoms with Gasteiger partial charge in [-0.2, -0.15) is 0 Å². The molecule has 0 N–H and O–H groups in total. The van der Waals surface area contributed by atoms with Gasteiger partial charge < -0.3 is 14.4 Å². The van der Waals surface area contributed by atoms with Crippen molar-refractivity contribution in [2.45, 2.75) is 6.61 Å². The minimum Gasteiger partial charge on any atom is -0.390 e. The van der Waals surface area contributed by atoms with E-state index >= 15 is 0 Å². The van der Waals surface area contributed by atoms with Crippen molar-refractivity contribution < 1.29 is 19.1 Å². The van der Waals surface area contributed by atoms with Crippen molar-refractivity contribution in [1.82, 2.24) is 0 Å². The molecule has 1 aromatic rings. The van der Waals surface area contributed by atoms with Crippen LogP contribution in [0.2, 0.25) is 0 Å². The van der Waals surface area contributed by atoms with Gasteiger partial charge in [-0.05, 0) is 6.07 Å². The molecule has 5 nitrogen and oxygen atoms in total. The Labute approximate surface area is 98.9 Å². The summed E-state index contributed by atoms with van der Waals surface area (Å²) in [5.41, 5.74) is 1.77. The van der Waals surface area contributed by atoms with Crippen molar-refractivity contribution >= 4 is 17.6 Å². The molecule has 1 aromatic carbocycles. The van der Waals surface area contributed by atoms with Crippen LogP contribution in [0.3, 0.4) is 0 Å². The maximum Gasteiger partial charge on any atom is 0.333 e. The minimum atomic E-state index is -0.520. The Morgan fingerprint density at radius 3 is 2.53 bits per heavy atom. The number of hydrogen-bond donors (Lipinski definition) is 0. The van der Waals surface area contributed by atoms with Gasteiger partial charge in [0.2, 0.25) is 0 Å². The Morgan fingerprint density at radius 2 is 1.88 bits per heavy atom. The number of nitrogens with zero attached hydrogens (tertiary/aromatic N) is 1. The summed E-state index contributed by atoms with van der Waals surface area (Å²) in [5.74, 6) is -1.04. The molecule has 1 fully saturated rings. The smallest absolute Gasteiger partial charge is 0.333 e. The molecule has 0 unspecified atom stereocenters. The standard InChI is InChI=1S/C12H13NO4/c1-16-8-9-4-2-3-5-10(9)13-6-11(14)17-12(15)7-13/h2-5H,6-8H2,1H3. The third-order valence-electron chi connectivity index (χ3n) is 2.50. The number of anilines is 1. The van der Waals surface area contributed by atoms with E-state index < -0.39 is 11.9 Å². The van der Waals surface area contributed by atoms with E-state index in [0.717, 1.165) is 11.3 Å². The fourth-order valence-corrected chi connectivity index (χ4v) is 1.83. The third-order valence-corrected chi connectivity index (χ3v) is 2.50. The SMILES string of the molecule is COCc1ccccc1N1CC(=O)OC(=O)C1. The molecule has 0 amide bonds. The number of benzene rings is 1. The molecule has 17 heavy (non-hydrogen) atoms. The summed E-state index contributed by atoms with van der Waals surface area (Å²) in [6.45, 7) is 0.620. The maximum atomic E-state index is 11.2. The number of esters is 2. The van der Waals surface area contributed by atoms with Crippen LogP contribution < -0.4 is 4.90 Å². The zero-order valence-corrected chi connectivity index (χ0v) is 9.51. The molecular weight excluding hydrogens is 222 g/mol. The predicted molar refractivity (Wildman–Crippen MR) is 60.5 cm³/mol. The molecule has 2 rings (SSSR count). The highest BCUT2D eigenvalue weighted by molar-refractivity contribution is 5.94. The monoisotopic (exact) mass is 235 g/mol. The second-order valence-corrected chi connectivity index (χ2v) is 3.76. The molecule has 0 radical (unpaired) electrons. The van der Waals surface area contributed by atoms with E-state index in [4.69, 9.17) is 4.74 Å². The summed E-state index contributed by atoms with van der Waals surface area (Å²) in [4.78, 5) is 24.1. The predicted octanol–water partition coefficient (Wildman–Crippen LogP) is 0.723. The van der Waals surface area contributed by atoms with Crippen LogP contribution in [0, 0.1) is 0 Å². The molecule has 0 aromatic heterocycles. The molecule has 1 aliphatic rings. The van der Waals surface area contributed by atoms with Crippen LogP contribution in [0.5, 0.6) is 0 Å².